The Morgan fingerprint density at radius 1 is 0.724 bits per heavy atom. The summed E-state index contributed by atoms with van der Waals surface area (Å²) in [6.45, 7) is 1.98. The molecule has 0 aliphatic heterocycles. The number of ether oxygens (including phenoxy) is 1. The van der Waals surface area contributed by atoms with E-state index >= 15 is 0 Å². The second kappa shape index (κ2) is 7.80. The van der Waals surface area contributed by atoms with Crippen molar-refractivity contribution in [2.45, 2.75) is 19.8 Å². The van der Waals surface area contributed by atoms with Gasteiger partial charge < -0.3 is 15.4 Å². The second-order valence-corrected chi connectivity index (χ2v) is 7.30. The highest BCUT2D eigenvalue weighted by Gasteiger charge is 2.56. The molecule has 1 fully saturated rings. The van der Waals surface area contributed by atoms with E-state index in [-0.39, 0.29) is 11.8 Å². The number of nitrogens with one attached hydrogen (secondary N) is 2. The van der Waals surface area contributed by atoms with Crippen molar-refractivity contribution in [2.75, 3.05) is 10.6 Å². The summed E-state index contributed by atoms with van der Waals surface area (Å²) in [5, 5.41) is 5.71. The van der Waals surface area contributed by atoms with Gasteiger partial charge >= 0.3 is 0 Å². The summed E-state index contributed by atoms with van der Waals surface area (Å²) in [5.74, 6) is 0.878. The van der Waals surface area contributed by atoms with Crippen molar-refractivity contribution in [3.8, 4) is 11.5 Å². The first-order chi connectivity index (χ1) is 14.0. The van der Waals surface area contributed by atoms with Crippen molar-refractivity contribution in [2.24, 2.45) is 5.41 Å². The zero-order chi connectivity index (χ0) is 20.3. The lowest BCUT2D eigenvalue weighted by molar-refractivity contribution is -0.131. The van der Waals surface area contributed by atoms with Crippen LogP contribution in [0.15, 0.2) is 78.9 Å². The SMILES string of the molecule is Cc1ccc(NC(=O)C2(C(=O)Nc3ccc(Oc4ccccc4)cc3)CC2)cc1. The molecule has 29 heavy (non-hydrogen) atoms. The fourth-order valence-electron chi connectivity index (χ4n) is 3.05. The molecule has 2 amide bonds. The monoisotopic (exact) mass is 386 g/mol. The van der Waals surface area contributed by atoms with Gasteiger partial charge in [-0.3, -0.25) is 9.59 Å². The summed E-state index contributed by atoms with van der Waals surface area (Å²) in [5.41, 5.74) is 1.44. The first kappa shape index (κ1) is 18.7. The summed E-state index contributed by atoms with van der Waals surface area (Å²) in [7, 11) is 0. The smallest absolute Gasteiger partial charge is 0.240 e. The van der Waals surface area contributed by atoms with E-state index in [4.69, 9.17) is 4.74 Å². The van der Waals surface area contributed by atoms with Gasteiger partial charge in [0.1, 0.15) is 16.9 Å². The molecule has 0 spiro atoms. The molecule has 3 aromatic rings. The lowest BCUT2D eigenvalue weighted by Gasteiger charge is -2.16. The molecule has 0 radical (unpaired) electrons. The van der Waals surface area contributed by atoms with Crippen molar-refractivity contribution < 1.29 is 14.3 Å². The molecule has 146 valence electrons. The molecular weight excluding hydrogens is 364 g/mol. The van der Waals surface area contributed by atoms with E-state index in [1.165, 1.54) is 0 Å². The third-order valence-electron chi connectivity index (χ3n) is 5.02. The number of carbonyl (C=O) groups is 2. The molecule has 4 rings (SSSR count). The number of aryl methyl sites for hydroxylation is 1. The van der Waals surface area contributed by atoms with Gasteiger partial charge in [0, 0.05) is 11.4 Å². The lowest BCUT2D eigenvalue weighted by atomic mass is 10.0. The summed E-state index contributed by atoms with van der Waals surface area (Å²) < 4.78 is 5.75. The third-order valence-corrected chi connectivity index (χ3v) is 5.02. The largest absolute Gasteiger partial charge is 0.457 e. The number of hydrogen-bond acceptors (Lipinski definition) is 3. The van der Waals surface area contributed by atoms with Gasteiger partial charge in [-0.25, -0.2) is 0 Å². The Morgan fingerprint density at radius 2 is 1.21 bits per heavy atom. The molecule has 1 aliphatic carbocycles. The van der Waals surface area contributed by atoms with Crippen LogP contribution in [-0.2, 0) is 9.59 Å². The Bertz CT molecular complexity index is 1010. The topological polar surface area (TPSA) is 67.4 Å². The van der Waals surface area contributed by atoms with Crippen LogP contribution >= 0.6 is 0 Å². The molecule has 0 aromatic heterocycles. The van der Waals surface area contributed by atoms with E-state index < -0.39 is 5.41 Å². The first-order valence-corrected chi connectivity index (χ1v) is 9.58. The number of amides is 2. The zero-order valence-corrected chi connectivity index (χ0v) is 16.1. The third kappa shape index (κ3) is 4.29. The molecule has 0 unspecified atom stereocenters. The van der Waals surface area contributed by atoms with Crippen LogP contribution in [0.5, 0.6) is 11.5 Å². The van der Waals surface area contributed by atoms with Crippen LogP contribution in [0.25, 0.3) is 0 Å². The number of hydrogen-bond donors (Lipinski definition) is 2. The molecule has 2 N–H and O–H groups in total. The first-order valence-electron chi connectivity index (χ1n) is 9.58. The molecule has 0 heterocycles. The molecular formula is C24H22N2O3. The van der Waals surface area contributed by atoms with Crippen LogP contribution in [0, 0.1) is 12.3 Å². The summed E-state index contributed by atoms with van der Waals surface area (Å²) in [6.07, 6.45) is 1.09. The number of anilines is 2. The summed E-state index contributed by atoms with van der Waals surface area (Å²) in [4.78, 5) is 25.4. The van der Waals surface area contributed by atoms with Crippen LogP contribution in [-0.4, -0.2) is 11.8 Å². The second-order valence-electron chi connectivity index (χ2n) is 7.30. The quantitative estimate of drug-likeness (QED) is 0.576. The van der Waals surface area contributed by atoms with Crippen molar-refractivity contribution in [3.63, 3.8) is 0 Å². The Hall–Kier alpha value is -3.60. The molecule has 3 aromatic carbocycles. The molecule has 0 atom stereocenters. The molecule has 0 saturated heterocycles. The van der Waals surface area contributed by atoms with Gasteiger partial charge in [-0.05, 0) is 68.3 Å². The van der Waals surface area contributed by atoms with Crippen LogP contribution in [0.3, 0.4) is 0 Å². The Labute approximate surface area is 169 Å². The van der Waals surface area contributed by atoms with Gasteiger partial charge in [0.2, 0.25) is 11.8 Å². The summed E-state index contributed by atoms with van der Waals surface area (Å²) in [6, 6.07) is 24.1. The predicted molar refractivity (Wildman–Crippen MR) is 113 cm³/mol. The fraction of sp³-hybridized carbons (Fsp3) is 0.167. The summed E-state index contributed by atoms with van der Waals surface area (Å²) >= 11 is 0. The van der Waals surface area contributed by atoms with Gasteiger partial charge in [0.15, 0.2) is 0 Å². The average Bonchev–Trinajstić information content (AvgIpc) is 3.54. The van der Waals surface area contributed by atoms with Crippen LogP contribution < -0.4 is 15.4 Å². The maximum absolute atomic E-state index is 12.8. The minimum atomic E-state index is -0.996. The van der Waals surface area contributed by atoms with Crippen molar-refractivity contribution >= 4 is 23.2 Å². The highest BCUT2D eigenvalue weighted by Crippen LogP contribution is 2.47. The number of carbonyl (C=O) groups excluding carboxylic acids is 2. The van der Waals surface area contributed by atoms with Gasteiger partial charge in [-0.15, -0.1) is 0 Å². The molecule has 0 bridgehead atoms. The predicted octanol–water partition coefficient (Wildman–Crippen LogP) is 5.14. The van der Waals surface area contributed by atoms with Crippen molar-refractivity contribution in [1.29, 1.82) is 0 Å². The highest BCUT2D eigenvalue weighted by molar-refractivity contribution is 6.16. The number of rotatable bonds is 6. The van der Waals surface area contributed by atoms with E-state index in [0.717, 1.165) is 11.3 Å². The molecule has 5 heteroatoms. The molecule has 1 saturated carbocycles. The van der Waals surface area contributed by atoms with Gasteiger partial charge in [0.25, 0.3) is 0 Å². The number of benzene rings is 3. The minimum Gasteiger partial charge on any atom is -0.457 e. The van der Waals surface area contributed by atoms with Gasteiger partial charge in [-0.2, -0.15) is 0 Å². The molecule has 5 nitrogen and oxygen atoms in total. The van der Waals surface area contributed by atoms with Gasteiger partial charge in [0.05, 0.1) is 0 Å². The maximum Gasteiger partial charge on any atom is 0.240 e. The normalized spacial score (nSPS) is 14.0. The molecule has 1 aliphatic rings. The van der Waals surface area contributed by atoms with E-state index in [1.54, 1.807) is 24.3 Å². The Balaban J connectivity index is 1.38. The van der Waals surface area contributed by atoms with Gasteiger partial charge in [-0.1, -0.05) is 35.9 Å². The van der Waals surface area contributed by atoms with Crippen LogP contribution in [0.1, 0.15) is 18.4 Å². The Morgan fingerprint density at radius 3 is 1.72 bits per heavy atom. The Kier molecular flexibility index (Phi) is 5.04. The standard InChI is InChI=1S/C24H22N2O3/c1-17-7-9-18(10-8-17)25-22(27)24(15-16-24)23(28)26-19-11-13-21(14-12-19)29-20-5-3-2-4-6-20/h2-14H,15-16H2,1H3,(H,25,27)(H,26,28). The average molecular weight is 386 g/mol. The maximum atomic E-state index is 12.8. The number of para-hydroxylation sites is 1. The zero-order valence-electron chi connectivity index (χ0n) is 16.1. The van der Waals surface area contributed by atoms with Crippen LogP contribution in [0.2, 0.25) is 0 Å². The van der Waals surface area contributed by atoms with E-state index in [9.17, 15) is 9.59 Å². The van der Waals surface area contributed by atoms with E-state index in [1.807, 2.05) is 61.5 Å². The minimum absolute atomic E-state index is 0.261. The fourth-order valence-corrected chi connectivity index (χ4v) is 3.05. The van der Waals surface area contributed by atoms with Crippen LogP contribution in [0.4, 0.5) is 11.4 Å². The van der Waals surface area contributed by atoms with Crippen molar-refractivity contribution in [3.05, 3.63) is 84.4 Å². The van der Waals surface area contributed by atoms with Crippen molar-refractivity contribution in [1.82, 2.24) is 0 Å². The van der Waals surface area contributed by atoms with E-state index in [2.05, 4.69) is 10.6 Å². The van der Waals surface area contributed by atoms with E-state index in [0.29, 0.717) is 30.0 Å². The highest BCUT2D eigenvalue weighted by atomic mass is 16.5. The lowest BCUT2D eigenvalue weighted by Crippen LogP contribution is -2.35.